The summed E-state index contributed by atoms with van der Waals surface area (Å²) in [5.74, 6) is -0.505. The van der Waals surface area contributed by atoms with Crippen LogP contribution in [0, 0.1) is 0 Å². The fraction of sp³-hybridized carbons (Fsp3) is 0.316. The van der Waals surface area contributed by atoms with Gasteiger partial charge in [-0.3, -0.25) is 14.4 Å². The van der Waals surface area contributed by atoms with E-state index < -0.39 is 5.97 Å². The zero-order valence-electron chi connectivity index (χ0n) is 14.6. The minimum absolute atomic E-state index is 0.0176. The second-order valence-corrected chi connectivity index (χ2v) is 5.59. The molecule has 138 valence electrons. The highest BCUT2D eigenvalue weighted by Crippen LogP contribution is 2.31. The number of esters is 1. The molecule has 0 atom stereocenters. The van der Waals surface area contributed by atoms with Gasteiger partial charge in [0.15, 0.2) is 13.2 Å². The van der Waals surface area contributed by atoms with Gasteiger partial charge in [-0.25, -0.2) is 0 Å². The number of hydrogen-bond donors (Lipinski definition) is 0. The molecule has 2 amide bonds. The van der Waals surface area contributed by atoms with Gasteiger partial charge in [0.2, 0.25) is 0 Å². The molecule has 0 aliphatic carbocycles. The standard InChI is InChI=1S/C19H22N2O5/c1-3-10-20(11-4-2)17(22)13-26-19(24)9-12-21-15-7-5-6-8-16(15)25-14-18(21)23/h3-8H,1-2,9-14H2. The molecule has 1 heterocycles. The summed E-state index contributed by atoms with van der Waals surface area (Å²) >= 11 is 0. The van der Waals surface area contributed by atoms with Gasteiger partial charge in [0, 0.05) is 19.6 Å². The Hall–Kier alpha value is -3.09. The van der Waals surface area contributed by atoms with E-state index in [1.54, 1.807) is 30.4 Å². The first-order valence-electron chi connectivity index (χ1n) is 8.24. The van der Waals surface area contributed by atoms with Crippen molar-refractivity contribution in [3.63, 3.8) is 0 Å². The van der Waals surface area contributed by atoms with E-state index in [-0.39, 0.29) is 38.0 Å². The smallest absolute Gasteiger partial charge is 0.308 e. The maximum atomic E-state index is 12.0. The number of anilines is 1. The molecule has 0 saturated heterocycles. The van der Waals surface area contributed by atoms with Crippen LogP contribution in [0.3, 0.4) is 0 Å². The van der Waals surface area contributed by atoms with E-state index in [2.05, 4.69) is 13.2 Å². The highest BCUT2D eigenvalue weighted by molar-refractivity contribution is 5.98. The Balaban J connectivity index is 1.85. The molecule has 7 nitrogen and oxygen atoms in total. The summed E-state index contributed by atoms with van der Waals surface area (Å²) in [5, 5.41) is 0. The molecule has 0 bridgehead atoms. The zero-order valence-corrected chi connectivity index (χ0v) is 14.6. The second kappa shape index (κ2) is 9.41. The maximum absolute atomic E-state index is 12.0. The fourth-order valence-corrected chi connectivity index (χ4v) is 2.50. The van der Waals surface area contributed by atoms with Crippen molar-refractivity contribution in [2.45, 2.75) is 6.42 Å². The molecule has 0 fully saturated rings. The normalized spacial score (nSPS) is 12.6. The van der Waals surface area contributed by atoms with Crippen LogP contribution in [0.5, 0.6) is 5.75 Å². The lowest BCUT2D eigenvalue weighted by molar-refractivity contribution is -0.151. The van der Waals surface area contributed by atoms with Crippen LogP contribution < -0.4 is 9.64 Å². The first-order valence-corrected chi connectivity index (χ1v) is 8.24. The molecule has 0 N–H and O–H groups in total. The third-order valence-electron chi connectivity index (χ3n) is 3.76. The number of carbonyl (C=O) groups excluding carboxylic acids is 3. The minimum atomic E-state index is -0.549. The molecule has 7 heteroatoms. The molecule has 0 radical (unpaired) electrons. The van der Waals surface area contributed by atoms with Crippen molar-refractivity contribution in [2.75, 3.05) is 37.7 Å². The van der Waals surface area contributed by atoms with Crippen LogP contribution in [0.4, 0.5) is 5.69 Å². The molecule has 1 aromatic carbocycles. The molecule has 1 aromatic rings. The number of amides is 2. The summed E-state index contributed by atoms with van der Waals surface area (Å²) in [4.78, 5) is 39.0. The second-order valence-electron chi connectivity index (χ2n) is 5.59. The van der Waals surface area contributed by atoms with Crippen molar-refractivity contribution >= 4 is 23.5 Å². The molecular weight excluding hydrogens is 336 g/mol. The molecular formula is C19H22N2O5. The summed E-state index contributed by atoms with van der Waals surface area (Å²) in [6, 6.07) is 7.12. The third-order valence-corrected chi connectivity index (χ3v) is 3.76. The summed E-state index contributed by atoms with van der Waals surface area (Å²) < 4.78 is 10.4. The molecule has 0 saturated carbocycles. The Morgan fingerprint density at radius 3 is 2.62 bits per heavy atom. The minimum Gasteiger partial charge on any atom is -0.482 e. The van der Waals surface area contributed by atoms with Gasteiger partial charge in [0.25, 0.3) is 11.8 Å². The Labute approximate surface area is 152 Å². The number of nitrogens with zero attached hydrogens (tertiary/aromatic N) is 2. The highest BCUT2D eigenvalue weighted by atomic mass is 16.5. The van der Waals surface area contributed by atoms with Crippen molar-refractivity contribution in [1.29, 1.82) is 0 Å². The molecule has 0 aromatic heterocycles. The molecule has 26 heavy (non-hydrogen) atoms. The quantitative estimate of drug-likeness (QED) is 0.494. The lowest BCUT2D eigenvalue weighted by Gasteiger charge is -2.29. The van der Waals surface area contributed by atoms with E-state index in [4.69, 9.17) is 9.47 Å². The van der Waals surface area contributed by atoms with E-state index in [1.165, 1.54) is 9.80 Å². The number of ether oxygens (including phenoxy) is 2. The molecule has 0 spiro atoms. The van der Waals surface area contributed by atoms with Crippen LogP contribution in [0.25, 0.3) is 0 Å². The van der Waals surface area contributed by atoms with Gasteiger partial charge in [0.1, 0.15) is 5.75 Å². The first-order chi connectivity index (χ1) is 12.6. The average Bonchev–Trinajstić information content (AvgIpc) is 2.65. The topological polar surface area (TPSA) is 76.2 Å². The number of hydrogen-bond acceptors (Lipinski definition) is 5. The average molecular weight is 358 g/mol. The highest BCUT2D eigenvalue weighted by Gasteiger charge is 2.25. The van der Waals surface area contributed by atoms with Crippen molar-refractivity contribution < 1.29 is 23.9 Å². The Kier molecular flexibility index (Phi) is 6.96. The summed E-state index contributed by atoms with van der Waals surface area (Å²) in [7, 11) is 0. The van der Waals surface area contributed by atoms with E-state index in [0.717, 1.165) is 0 Å². The van der Waals surface area contributed by atoms with Gasteiger partial charge in [-0.15, -0.1) is 13.2 Å². The number of rotatable bonds is 9. The predicted molar refractivity (Wildman–Crippen MR) is 96.8 cm³/mol. The van der Waals surface area contributed by atoms with Gasteiger partial charge in [-0.1, -0.05) is 24.3 Å². The van der Waals surface area contributed by atoms with Gasteiger partial charge >= 0.3 is 5.97 Å². The van der Waals surface area contributed by atoms with Crippen LogP contribution >= 0.6 is 0 Å². The van der Waals surface area contributed by atoms with Crippen LogP contribution in [-0.2, 0) is 19.1 Å². The number of fused-ring (bicyclic) bond motifs is 1. The lowest BCUT2D eigenvalue weighted by atomic mass is 10.2. The van der Waals surface area contributed by atoms with E-state index in [0.29, 0.717) is 24.5 Å². The third kappa shape index (κ3) is 4.95. The van der Waals surface area contributed by atoms with Gasteiger partial charge < -0.3 is 19.3 Å². The summed E-state index contributed by atoms with van der Waals surface area (Å²) in [6.45, 7) is 7.61. The first kappa shape index (κ1) is 19.2. The van der Waals surface area contributed by atoms with Crippen LogP contribution in [0.15, 0.2) is 49.6 Å². The zero-order chi connectivity index (χ0) is 18.9. The monoisotopic (exact) mass is 358 g/mol. The Morgan fingerprint density at radius 2 is 1.92 bits per heavy atom. The van der Waals surface area contributed by atoms with Crippen LogP contribution in [-0.4, -0.2) is 55.5 Å². The largest absolute Gasteiger partial charge is 0.482 e. The van der Waals surface area contributed by atoms with Crippen molar-refractivity contribution in [3.05, 3.63) is 49.6 Å². The molecule has 1 aliphatic rings. The van der Waals surface area contributed by atoms with Crippen LogP contribution in [0.2, 0.25) is 0 Å². The van der Waals surface area contributed by atoms with Gasteiger partial charge in [-0.05, 0) is 12.1 Å². The van der Waals surface area contributed by atoms with Crippen molar-refractivity contribution in [1.82, 2.24) is 4.90 Å². The van der Waals surface area contributed by atoms with Crippen molar-refractivity contribution in [3.8, 4) is 5.75 Å². The number of para-hydroxylation sites is 2. The van der Waals surface area contributed by atoms with E-state index in [9.17, 15) is 14.4 Å². The van der Waals surface area contributed by atoms with E-state index in [1.807, 2.05) is 6.07 Å². The number of benzene rings is 1. The molecule has 0 unspecified atom stereocenters. The fourth-order valence-electron chi connectivity index (χ4n) is 2.50. The maximum Gasteiger partial charge on any atom is 0.308 e. The molecule has 1 aliphatic heterocycles. The summed E-state index contributed by atoms with van der Waals surface area (Å²) in [5.41, 5.74) is 0.621. The van der Waals surface area contributed by atoms with E-state index >= 15 is 0 Å². The van der Waals surface area contributed by atoms with Gasteiger partial charge in [-0.2, -0.15) is 0 Å². The summed E-state index contributed by atoms with van der Waals surface area (Å²) in [6.07, 6.45) is 3.16. The number of carbonyl (C=O) groups is 3. The lowest BCUT2D eigenvalue weighted by Crippen LogP contribution is -2.40. The van der Waals surface area contributed by atoms with Crippen molar-refractivity contribution in [2.24, 2.45) is 0 Å². The Bertz CT molecular complexity index is 691. The van der Waals surface area contributed by atoms with Gasteiger partial charge in [0.05, 0.1) is 12.1 Å². The Morgan fingerprint density at radius 1 is 1.23 bits per heavy atom. The van der Waals surface area contributed by atoms with Crippen LogP contribution in [0.1, 0.15) is 6.42 Å². The SMILES string of the molecule is C=CCN(CC=C)C(=O)COC(=O)CCN1C(=O)COc2ccccc21. The molecule has 2 rings (SSSR count). The predicted octanol–water partition coefficient (Wildman–Crippen LogP) is 1.55.